The maximum atomic E-state index is 12.3. The number of likely N-dealkylation sites (tertiary alicyclic amines) is 1. The molecular weight excluding hydrogens is 313 g/mol. The molecule has 21 heavy (non-hydrogen) atoms. The van der Waals surface area contributed by atoms with Crippen molar-refractivity contribution in [1.29, 1.82) is 0 Å². The molecule has 2 unspecified atom stereocenters. The molecule has 1 amide bonds. The quantitative estimate of drug-likeness (QED) is 0.917. The number of rotatable bonds is 4. The zero-order valence-corrected chi connectivity index (χ0v) is 14.0. The summed E-state index contributed by atoms with van der Waals surface area (Å²) in [5.41, 5.74) is 7.54. The Morgan fingerprint density at radius 1 is 1.62 bits per heavy atom. The molecule has 0 aromatic carbocycles. The second kappa shape index (κ2) is 8.01. The Hall–Kier alpha value is -0.780. The van der Waals surface area contributed by atoms with Crippen LogP contribution in [0.1, 0.15) is 37.4 Å². The smallest absolute Gasteiger partial charge is 0.229 e. The summed E-state index contributed by atoms with van der Waals surface area (Å²) >= 11 is 5.91. The summed E-state index contributed by atoms with van der Waals surface area (Å²) in [6.07, 6.45) is 3.16. The number of carbonyl (C=O) groups is 1. The lowest BCUT2D eigenvalue weighted by Gasteiger charge is -2.34. The Bertz CT molecular complexity index is 457. The molecule has 7 heteroatoms. The minimum absolute atomic E-state index is 0. The number of hydrogen-bond acceptors (Lipinski definition) is 4. The van der Waals surface area contributed by atoms with Gasteiger partial charge in [0.25, 0.3) is 0 Å². The van der Waals surface area contributed by atoms with Gasteiger partial charge < -0.3 is 15.2 Å². The average Bonchev–Trinajstić information content (AvgIpc) is 2.75. The predicted octanol–water partition coefficient (Wildman–Crippen LogP) is 2.58. The van der Waals surface area contributed by atoms with Gasteiger partial charge in [-0.15, -0.1) is 12.4 Å². The standard InChI is InChI=1S/C14H22ClN3O2.ClH/c1-9(16)11-4-3-7-18(8-11)13(19)6-5-12-10(2)17-20-14(12)15;/h9,11H,3-8,16H2,1-2H3;1H. The van der Waals surface area contributed by atoms with Crippen LogP contribution in [0.25, 0.3) is 0 Å². The Kier molecular flexibility index (Phi) is 6.97. The summed E-state index contributed by atoms with van der Waals surface area (Å²) < 4.78 is 4.90. The van der Waals surface area contributed by atoms with Crippen LogP contribution in [0.5, 0.6) is 0 Å². The number of piperidine rings is 1. The molecule has 2 heterocycles. The van der Waals surface area contributed by atoms with Crippen molar-refractivity contribution in [3.63, 3.8) is 0 Å². The van der Waals surface area contributed by atoms with E-state index >= 15 is 0 Å². The summed E-state index contributed by atoms with van der Waals surface area (Å²) in [6.45, 7) is 5.45. The van der Waals surface area contributed by atoms with E-state index in [9.17, 15) is 4.79 Å². The van der Waals surface area contributed by atoms with Crippen molar-refractivity contribution in [3.8, 4) is 0 Å². The number of carbonyl (C=O) groups excluding carboxylic acids is 1. The van der Waals surface area contributed by atoms with E-state index in [1.165, 1.54) is 0 Å². The molecule has 0 radical (unpaired) electrons. The third-order valence-corrected chi connectivity index (χ3v) is 4.38. The molecule has 0 saturated carbocycles. The topological polar surface area (TPSA) is 72.4 Å². The Morgan fingerprint density at radius 3 is 2.90 bits per heavy atom. The molecule has 0 aliphatic carbocycles. The molecule has 1 saturated heterocycles. The molecule has 2 rings (SSSR count). The normalized spacial score (nSPS) is 20.0. The highest BCUT2D eigenvalue weighted by atomic mass is 35.5. The van der Waals surface area contributed by atoms with Gasteiger partial charge in [0.05, 0.1) is 5.69 Å². The largest absolute Gasteiger partial charge is 0.344 e. The maximum absolute atomic E-state index is 12.3. The van der Waals surface area contributed by atoms with E-state index in [2.05, 4.69) is 5.16 Å². The van der Waals surface area contributed by atoms with Gasteiger partial charge in [-0.3, -0.25) is 4.79 Å². The van der Waals surface area contributed by atoms with Gasteiger partial charge in [0.15, 0.2) is 0 Å². The highest BCUT2D eigenvalue weighted by Gasteiger charge is 2.26. The molecule has 1 aromatic heterocycles. The summed E-state index contributed by atoms with van der Waals surface area (Å²) in [4.78, 5) is 14.2. The summed E-state index contributed by atoms with van der Waals surface area (Å²) in [6, 6.07) is 0.139. The van der Waals surface area contributed by atoms with Gasteiger partial charge in [-0.25, -0.2) is 0 Å². The molecule has 120 valence electrons. The number of halogens is 2. The van der Waals surface area contributed by atoms with E-state index in [1.807, 2.05) is 18.7 Å². The lowest BCUT2D eigenvalue weighted by Crippen LogP contribution is -2.45. The SMILES string of the molecule is Cc1noc(Cl)c1CCC(=O)N1CCCC(C(C)N)C1.Cl. The van der Waals surface area contributed by atoms with Crippen LogP contribution in [0.15, 0.2) is 4.52 Å². The molecule has 2 N–H and O–H groups in total. The first kappa shape index (κ1) is 18.3. The van der Waals surface area contributed by atoms with Crippen LogP contribution < -0.4 is 5.73 Å². The first-order valence-electron chi connectivity index (χ1n) is 7.13. The van der Waals surface area contributed by atoms with Crippen molar-refractivity contribution >= 4 is 29.9 Å². The van der Waals surface area contributed by atoms with Crippen LogP contribution in [0, 0.1) is 12.8 Å². The molecule has 0 bridgehead atoms. The fourth-order valence-electron chi connectivity index (χ4n) is 2.70. The van der Waals surface area contributed by atoms with Crippen LogP contribution >= 0.6 is 24.0 Å². The van der Waals surface area contributed by atoms with E-state index in [0.29, 0.717) is 24.0 Å². The fourth-order valence-corrected chi connectivity index (χ4v) is 2.96. The molecule has 1 aliphatic heterocycles. The van der Waals surface area contributed by atoms with Crippen molar-refractivity contribution < 1.29 is 9.32 Å². The van der Waals surface area contributed by atoms with E-state index in [-0.39, 0.29) is 24.4 Å². The zero-order chi connectivity index (χ0) is 14.7. The molecule has 1 fully saturated rings. The van der Waals surface area contributed by atoms with Crippen molar-refractivity contribution in [2.24, 2.45) is 11.7 Å². The van der Waals surface area contributed by atoms with Crippen LogP contribution in [-0.4, -0.2) is 35.1 Å². The Morgan fingerprint density at radius 2 is 2.33 bits per heavy atom. The highest BCUT2D eigenvalue weighted by molar-refractivity contribution is 6.29. The fraction of sp³-hybridized carbons (Fsp3) is 0.714. The molecule has 2 atom stereocenters. The minimum atomic E-state index is 0. The molecule has 1 aromatic rings. The van der Waals surface area contributed by atoms with Crippen LogP contribution in [0.3, 0.4) is 0 Å². The van der Waals surface area contributed by atoms with Gasteiger partial charge >= 0.3 is 0 Å². The van der Waals surface area contributed by atoms with Crippen molar-refractivity contribution in [2.75, 3.05) is 13.1 Å². The van der Waals surface area contributed by atoms with Crippen LogP contribution in [-0.2, 0) is 11.2 Å². The number of nitrogens with zero attached hydrogens (tertiary/aromatic N) is 2. The van der Waals surface area contributed by atoms with Gasteiger partial charge in [0, 0.05) is 31.1 Å². The molecular formula is C14H23Cl2N3O2. The predicted molar refractivity (Wildman–Crippen MR) is 84.8 cm³/mol. The summed E-state index contributed by atoms with van der Waals surface area (Å²) in [7, 11) is 0. The third-order valence-electron chi connectivity index (χ3n) is 4.08. The molecule has 5 nitrogen and oxygen atoms in total. The lowest BCUT2D eigenvalue weighted by molar-refractivity contribution is -0.133. The zero-order valence-electron chi connectivity index (χ0n) is 12.5. The van der Waals surface area contributed by atoms with Gasteiger partial charge in [0.1, 0.15) is 0 Å². The van der Waals surface area contributed by atoms with Gasteiger partial charge in [-0.05, 0) is 50.6 Å². The van der Waals surface area contributed by atoms with Crippen LogP contribution in [0.2, 0.25) is 5.22 Å². The first-order valence-corrected chi connectivity index (χ1v) is 7.51. The van der Waals surface area contributed by atoms with E-state index in [4.69, 9.17) is 21.9 Å². The number of amides is 1. The molecule has 0 spiro atoms. The van der Waals surface area contributed by atoms with Gasteiger partial charge in [-0.1, -0.05) is 5.16 Å². The number of nitrogens with two attached hydrogens (primary N) is 1. The first-order chi connectivity index (χ1) is 9.49. The number of aromatic nitrogens is 1. The summed E-state index contributed by atoms with van der Waals surface area (Å²) in [5, 5.41) is 4.09. The van der Waals surface area contributed by atoms with E-state index in [1.54, 1.807) is 0 Å². The summed E-state index contributed by atoms with van der Waals surface area (Å²) in [5.74, 6) is 0.570. The van der Waals surface area contributed by atoms with Crippen molar-refractivity contribution in [1.82, 2.24) is 10.1 Å². The van der Waals surface area contributed by atoms with Crippen molar-refractivity contribution in [3.05, 3.63) is 16.5 Å². The Labute approximate surface area is 136 Å². The highest BCUT2D eigenvalue weighted by Crippen LogP contribution is 2.23. The minimum Gasteiger partial charge on any atom is -0.344 e. The number of hydrogen-bond donors (Lipinski definition) is 1. The second-order valence-corrected chi connectivity index (χ2v) is 5.96. The average molecular weight is 336 g/mol. The monoisotopic (exact) mass is 335 g/mol. The van der Waals surface area contributed by atoms with E-state index < -0.39 is 0 Å². The lowest BCUT2D eigenvalue weighted by atomic mass is 9.92. The van der Waals surface area contributed by atoms with Gasteiger partial charge in [-0.2, -0.15) is 0 Å². The van der Waals surface area contributed by atoms with E-state index in [0.717, 1.165) is 37.2 Å². The Balaban J connectivity index is 0.00000220. The van der Waals surface area contributed by atoms with Gasteiger partial charge in [0.2, 0.25) is 11.1 Å². The molecule has 1 aliphatic rings. The third kappa shape index (κ3) is 4.59. The number of aryl methyl sites for hydroxylation is 1. The van der Waals surface area contributed by atoms with Crippen LogP contribution in [0.4, 0.5) is 0 Å². The van der Waals surface area contributed by atoms with Crippen molar-refractivity contribution in [2.45, 2.75) is 45.6 Å². The maximum Gasteiger partial charge on any atom is 0.229 e. The second-order valence-electron chi connectivity index (χ2n) is 5.62.